The van der Waals surface area contributed by atoms with Crippen LogP contribution in [0.3, 0.4) is 0 Å². The second-order valence-corrected chi connectivity index (χ2v) is 8.24. The van der Waals surface area contributed by atoms with Gasteiger partial charge in [0.2, 0.25) is 10.0 Å². The third-order valence-corrected chi connectivity index (χ3v) is 6.04. The molecular formula is C18H21F2N3O2S. The van der Waals surface area contributed by atoms with Crippen molar-refractivity contribution in [2.24, 2.45) is 5.92 Å². The minimum absolute atomic E-state index is 0.193. The summed E-state index contributed by atoms with van der Waals surface area (Å²) in [6, 6.07) is 6.40. The Kier molecular flexibility index (Phi) is 5.95. The maximum Gasteiger partial charge on any atom is 0.243 e. The first kappa shape index (κ1) is 18.9. The van der Waals surface area contributed by atoms with Gasteiger partial charge in [-0.25, -0.2) is 21.9 Å². The van der Waals surface area contributed by atoms with Crippen molar-refractivity contribution in [1.29, 1.82) is 0 Å². The van der Waals surface area contributed by atoms with Gasteiger partial charge in [0.1, 0.15) is 16.5 Å². The molecule has 0 atom stereocenters. The number of benzene rings is 1. The second-order valence-electron chi connectivity index (χ2n) is 6.51. The minimum atomic E-state index is -3.98. The highest BCUT2D eigenvalue weighted by Crippen LogP contribution is 2.20. The Balaban J connectivity index is 1.50. The Morgan fingerprint density at radius 3 is 2.62 bits per heavy atom. The number of pyridine rings is 1. The minimum Gasteiger partial charge on any atom is -0.299 e. The van der Waals surface area contributed by atoms with Crippen LogP contribution in [0.25, 0.3) is 0 Å². The molecule has 0 aliphatic carbocycles. The maximum absolute atomic E-state index is 13.7. The van der Waals surface area contributed by atoms with Crippen LogP contribution >= 0.6 is 0 Å². The monoisotopic (exact) mass is 381 g/mol. The molecule has 1 N–H and O–H groups in total. The van der Waals surface area contributed by atoms with Crippen LogP contribution in [0.2, 0.25) is 0 Å². The molecule has 0 spiro atoms. The van der Waals surface area contributed by atoms with Crippen molar-refractivity contribution in [3.8, 4) is 0 Å². The van der Waals surface area contributed by atoms with Gasteiger partial charge in [-0.15, -0.1) is 0 Å². The Hall–Kier alpha value is -1.90. The van der Waals surface area contributed by atoms with Crippen molar-refractivity contribution in [3.05, 3.63) is 59.9 Å². The summed E-state index contributed by atoms with van der Waals surface area (Å²) < 4.78 is 53.5. The Bertz CT molecular complexity index is 839. The van der Waals surface area contributed by atoms with Gasteiger partial charge in [0, 0.05) is 31.5 Å². The van der Waals surface area contributed by atoms with Gasteiger partial charge >= 0.3 is 0 Å². The zero-order valence-electron chi connectivity index (χ0n) is 14.2. The van der Waals surface area contributed by atoms with Crippen LogP contribution in [0.5, 0.6) is 0 Å². The van der Waals surface area contributed by atoms with Gasteiger partial charge in [0.05, 0.1) is 0 Å². The van der Waals surface area contributed by atoms with Gasteiger partial charge in [0.15, 0.2) is 0 Å². The van der Waals surface area contributed by atoms with Crippen LogP contribution in [0.4, 0.5) is 8.78 Å². The van der Waals surface area contributed by atoms with E-state index in [-0.39, 0.29) is 12.5 Å². The lowest BCUT2D eigenvalue weighted by atomic mass is 9.97. The van der Waals surface area contributed by atoms with Crippen LogP contribution in [-0.2, 0) is 16.6 Å². The highest BCUT2D eigenvalue weighted by molar-refractivity contribution is 7.89. The first-order valence-corrected chi connectivity index (χ1v) is 9.98. The number of halogens is 2. The zero-order chi connectivity index (χ0) is 18.6. The number of hydrogen-bond donors (Lipinski definition) is 1. The summed E-state index contributed by atoms with van der Waals surface area (Å²) in [7, 11) is -3.98. The summed E-state index contributed by atoms with van der Waals surface area (Å²) in [5.74, 6) is -1.69. The molecule has 1 fully saturated rings. The summed E-state index contributed by atoms with van der Waals surface area (Å²) in [5, 5.41) is 0. The summed E-state index contributed by atoms with van der Waals surface area (Å²) >= 11 is 0. The lowest BCUT2D eigenvalue weighted by Crippen LogP contribution is -2.38. The summed E-state index contributed by atoms with van der Waals surface area (Å²) in [4.78, 5) is 5.89. The summed E-state index contributed by atoms with van der Waals surface area (Å²) in [6.45, 7) is 2.81. The van der Waals surface area contributed by atoms with Crippen LogP contribution in [0, 0.1) is 17.6 Å². The number of piperidine rings is 1. The molecule has 26 heavy (non-hydrogen) atoms. The normalized spacial score (nSPS) is 16.7. The molecule has 2 heterocycles. The highest BCUT2D eigenvalue weighted by Gasteiger charge is 2.24. The molecule has 0 saturated carbocycles. The van der Waals surface area contributed by atoms with E-state index in [1.54, 1.807) is 6.20 Å². The van der Waals surface area contributed by atoms with E-state index in [0.29, 0.717) is 6.07 Å². The molecule has 1 aromatic carbocycles. The molecule has 0 amide bonds. The lowest BCUT2D eigenvalue weighted by Gasteiger charge is -2.31. The first-order valence-electron chi connectivity index (χ1n) is 8.50. The average molecular weight is 381 g/mol. The molecule has 8 heteroatoms. The van der Waals surface area contributed by atoms with E-state index in [4.69, 9.17) is 0 Å². The molecule has 0 unspecified atom stereocenters. The molecule has 2 aromatic rings. The fourth-order valence-corrected chi connectivity index (χ4v) is 4.27. The van der Waals surface area contributed by atoms with Gasteiger partial charge in [-0.1, -0.05) is 6.07 Å². The predicted octanol–water partition coefficient (Wildman–Crippen LogP) is 2.55. The smallest absolute Gasteiger partial charge is 0.243 e. The van der Waals surface area contributed by atoms with Gasteiger partial charge in [-0.2, -0.15) is 0 Å². The average Bonchev–Trinajstić information content (AvgIpc) is 2.62. The van der Waals surface area contributed by atoms with E-state index in [9.17, 15) is 17.2 Å². The van der Waals surface area contributed by atoms with Crippen molar-refractivity contribution < 1.29 is 17.2 Å². The second kappa shape index (κ2) is 8.20. The largest absolute Gasteiger partial charge is 0.299 e. The van der Waals surface area contributed by atoms with Crippen molar-refractivity contribution in [3.63, 3.8) is 0 Å². The Labute approximate surface area is 152 Å². The van der Waals surface area contributed by atoms with E-state index in [0.717, 1.165) is 50.2 Å². The summed E-state index contributed by atoms with van der Waals surface area (Å²) in [6.07, 6.45) is 5.30. The van der Waals surface area contributed by atoms with Crippen molar-refractivity contribution in [1.82, 2.24) is 14.6 Å². The lowest BCUT2D eigenvalue weighted by molar-refractivity contribution is 0.178. The van der Waals surface area contributed by atoms with Gasteiger partial charge in [-0.3, -0.25) is 9.88 Å². The zero-order valence-corrected chi connectivity index (χ0v) is 15.1. The van der Waals surface area contributed by atoms with E-state index in [2.05, 4.69) is 14.6 Å². The quantitative estimate of drug-likeness (QED) is 0.835. The molecule has 0 radical (unpaired) electrons. The topological polar surface area (TPSA) is 62.3 Å². The number of likely N-dealkylation sites (tertiary alicyclic amines) is 1. The fourth-order valence-electron chi connectivity index (χ4n) is 3.10. The molecule has 1 aromatic heterocycles. The van der Waals surface area contributed by atoms with E-state index >= 15 is 0 Å². The molecule has 140 valence electrons. The molecule has 1 aliphatic heterocycles. The Morgan fingerprint density at radius 1 is 1.19 bits per heavy atom. The molecule has 0 bridgehead atoms. The molecule has 1 aliphatic rings. The molecule has 3 rings (SSSR count). The van der Waals surface area contributed by atoms with E-state index in [1.165, 1.54) is 0 Å². The molecule has 1 saturated heterocycles. The SMILES string of the molecule is O=S(=O)(NCC1CCN(Cc2cccnc2)CC1)c1ccc(F)cc1F. The van der Waals surface area contributed by atoms with Gasteiger partial charge in [0.25, 0.3) is 0 Å². The number of hydrogen-bond acceptors (Lipinski definition) is 4. The number of nitrogens with zero attached hydrogens (tertiary/aromatic N) is 2. The molecular weight excluding hydrogens is 360 g/mol. The van der Waals surface area contributed by atoms with Crippen molar-refractivity contribution in [2.45, 2.75) is 24.3 Å². The third kappa shape index (κ3) is 4.84. The van der Waals surface area contributed by atoms with Crippen molar-refractivity contribution >= 4 is 10.0 Å². The first-order chi connectivity index (χ1) is 12.4. The van der Waals surface area contributed by atoms with Crippen LogP contribution in [-0.4, -0.2) is 37.9 Å². The number of aromatic nitrogens is 1. The fraction of sp³-hybridized carbons (Fsp3) is 0.389. The van der Waals surface area contributed by atoms with Gasteiger partial charge in [-0.05, 0) is 55.6 Å². The van der Waals surface area contributed by atoms with Crippen LogP contribution < -0.4 is 4.72 Å². The van der Waals surface area contributed by atoms with Gasteiger partial charge < -0.3 is 0 Å². The highest BCUT2D eigenvalue weighted by atomic mass is 32.2. The number of rotatable bonds is 6. The number of nitrogens with one attached hydrogen (secondary N) is 1. The standard InChI is InChI=1S/C18H21F2N3O2S/c19-16-3-4-18(17(20)10-16)26(24,25)22-12-14-5-8-23(9-6-14)13-15-2-1-7-21-11-15/h1-4,7,10-11,14,22H,5-6,8-9,12-13H2. The van der Waals surface area contributed by atoms with E-state index < -0.39 is 26.6 Å². The van der Waals surface area contributed by atoms with Crippen LogP contribution in [0.15, 0.2) is 47.6 Å². The maximum atomic E-state index is 13.7. The van der Waals surface area contributed by atoms with E-state index in [1.807, 2.05) is 18.3 Å². The third-order valence-electron chi connectivity index (χ3n) is 4.58. The summed E-state index contributed by atoms with van der Waals surface area (Å²) in [5.41, 5.74) is 1.15. The van der Waals surface area contributed by atoms with Crippen molar-refractivity contribution in [2.75, 3.05) is 19.6 Å². The Morgan fingerprint density at radius 2 is 1.96 bits per heavy atom. The number of sulfonamides is 1. The predicted molar refractivity (Wildman–Crippen MR) is 93.8 cm³/mol. The molecule has 5 nitrogen and oxygen atoms in total. The van der Waals surface area contributed by atoms with Crippen LogP contribution in [0.1, 0.15) is 18.4 Å².